The Labute approximate surface area is 102 Å². The normalized spacial score (nSPS) is 11.9. The average molecular weight is 246 g/mol. The summed E-state index contributed by atoms with van der Waals surface area (Å²) < 4.78 is 0. The zero-order valence-electron chi connectivity index (χ0n) is 10.5. The summed E-state index contributed by atoms with van der Waals surface area (Å²) in [6.45, 7) is 2.45. The highest BCUT2D eigenvalue weighted by Gasteiger charge is 2.09. The third kappa shape index (κ3) is 9.62. The van der Waals surface area contributed by atoms with Crippen LogP contribution in [0.1, 0.15) is 32.6 Å². The fourth-order valence-corrected chi connectivity index (χ4v) is 1.39. The fraction of sp³-hybridized carbons (Fsp3) is 0.818. The summed E-state index contributed by atoms with van der Waals surface area (Å²) in [6, 6.07) is -0.218. The first-order chi connectivity index (χ1) is 7.93. The van der Waals surface area contributed by atoms with Gasteiger partial charge in [-0.25, -0.2) is 4.79 Å². The van der Waals surface area contributed by atoms with Crippen molar-refractivity contribution in [1.82, 2.24) is 10.2 Å². The Morgan fingerprint density at radius 2 is 1.94 bits per heavy atom. The number of unbranched alkanes of at least 4 members (excludes halogenated alkanes) is 2. The van der Waals surface area contributed by atoms with Crippen molar-refractivity contribution in [3.05, 3.63) is 0 Å². The number of aliphatic carboxylic acids is 1. The van der Waals surface area contributed by atoms with E-state index in [0.29, 0.717) is 19.5 Å². The molecule has 0 rings (SSSR count). The number of aliphatic hydroxyl groups excluding tert-OH is 1. The van der Waals surface area contributed by atoms with Crippen LogP contribution in [0, 0.1) is 0 Å². The van der Waals surface area contributed by atoms with E-state index >= 15 is 0 Å². The minimum atomic E-state index is -0.786. The third-order valence-corrected chi connectivity index (χ3v) is 2.23. The average Bonchev–Trinajstić information content (AvgIpc) is 2.21. The number of likely N-dealkylation sites (N-methyl/N-ethyl adjacent to an activating group) is 1. The predicted molar refractivity (Wildman–Crippen MR) is 63.8 cm³/mol. The van der Waals surface area contributed by atoms with Crippen LogP contribution in [0.3, 0.4) is 0 Å². The Bertz CT molecular complexity index is 244. The van der Waals surface area contributed by atoms with Crippen molar-refractivity contribution in [2.45, 2.75) is 38.7 Å². The molecule has 17 heavy (non-hydrogen) atoms. The second-order valence-electron chi connectivity index (χ2n) is 4.17. The van der Waals surface area contributed by atoms with Gasteiger partial charge in [0, 0.05) is 26.6 Å². The monoisotopic (exact) mass is 246 g/mol. The van der Waals surface area contributed by atoms with Gasteiger partial charge >= 0.3 is 12.0 Å². The van der Waals surface area contributed by atoms with Crippen molar-refractivity contribution in [2.24, 2.45) is 0 Å². The smallest absolute Gasteiger partial charge is 0.317 e. The first-order valence-electron chi connectivity index (χ1n) is 5.82. The molecule has 0 aromatic carbocycles. The number of nitrogens with one attached hydrogen (secondary N) is 1. The number of hydrogen-bond acceptors (Lipinski definition) is 3. The van der Waals surface area contributed by atoms with Gasteiger partial charge < -0.3 is 20.4 Å². The van der Waals surface area contributed by atoms with E-state index in [4.69, 9.17) is 10.2 Å². The molecule has 6 heteroatoms. The molecule has 0 saturated carbocycles. The number of nitrogens with zero attached hydrogens (tertiary/aromatic N) is 1. The summed E-state index contributed by atoms with van der Waals surface area (Å²) in [5.74, 6) is -0.786. The van der Waals surface area contributed by atoms with Crippen LogP contribution >= 0.6 is 0 Å². The Hall–Kier alpha value is -1.30. The molecular weight excluding hydrogens is 224 g/mol. The molecule has 0 radical (unpaired) electrons. The topological polar surface area (TPSA) is 89.9 Å². The second-order valence-corrected chi connectivity index (χ2v) is 4.17. The largest absolute Gasteiger partial charge is 0.481 e. The number of carbonyl (C=O) groups is 2. The molecule has 0 aromatic heterocycles. The van der Waals surface area contributed by atoms with Crippen LogP contribution in [0.4, 0.5) is 4.79 Å². The van der Waals surface area contributed by atoms with E-state index in [0.717, 1.165) is 12.8 Å². The maximum Gasteiger partial charge on any atom is 0.317 e. The van der Waals surface area contributed by atoms with E-state index in [1.165, 1.54) is 4.90 Å². The summed E-state index contributed by atoms with van der Waals surface area (Å²) in [5, 5.41) is 20.2. The molecule has 0 aliphatic rings. The first kappa shape index (κ1) is 15.7. The molecule has 0 aromatic rings. The summed E-state index contributed by atoms with van der Waals surface area (Å²) in [6.07, 6.45) is 1.82. The Morgan fingerprint density at radius 1 is 1.29 bits per heavy atom. The molecule has 1 atom stereocenters. The number of amides is 2. The van der Waals surface area contributed by atoms with Gasteiger partial charge in [0.05, 0.1) is 6.10 Å². The van der Waals surface area contributed by atoms with Crippen LogP contribution in [-0.4, -0.2) is 53.4 Å². The SMILES string of the molecule is CC(O)CN(C)C(=O)NCCCCCC(=O)O. The molecule has 6 nitrogen and oxygen atoms in total. The lowest BCUT2D eigenvalue weighted by atomic mass is 10.2. The molecule has 1 unspecified atom stereocenters. The highest BCUT2D eigenvalue weighted by molar-refractivity contribution is 5.73. The molecule has 3 N–H and O–H groups in total. The van der Waals surface area contributed by atoms with E-state index in [2.05, 4.69) is 5.32 Å². The standard InChI is InChI=1S/C11H22N2O4/c1-9(14)8-13(2)11(17)12-7-5-3-4-6-10(15)16/h9,14H,3-8H2,1-2H3,(H,12,17)(H,15,16). The van der Waals surface area contributed by atoms with E-state index in [1.54, 1.807) is 14.0 Å². The van der Waals surface area contributed by atoms with Crippen LogP contribution in [0.2, 0.25) is 0 Å². The third-order valence-electron chi connectivity index (χ3n) is 2.23. The number of carboxylic acid groups (broad SMARTS) is 1. The number of rotatable bonds is 8. The van der Waals surface area contributed by atoms with Crippen molar-refractivity contribution in [3.8, 4) is 0 Å². The van der Waals surface area contributed by atoms with Crippen molar-refractivity contribution >= 4 is 12.0 Å². The zero-order valence-corrected chi connectivity index (χ0v) is 10.5. The van der Waals surface area contributed by atoms with Crippen LogP contribution in [-0.2, 0) is 4.79 Å². The van der Waals surface area contributed by atoms with E-state index in [-0.39, 0.29) is 12.5 Å². The molecule has 0 aliphatic carbocycles. The summed E-state index contributed by atoms with van der Waals surface area (Å²) in [7, 11) is 1.62. The minimum absolute atomic E-state index is 0.176. The van der Waals surface area contributed by atoms with Gasteiger partial charge in [0.15, 0.2) is 0 Å². The lowest BCUT2D eigenvalue weighted by Gasteiger charge is -2.19. The highest BCUT2D eigenvalue weighted by atomic mass is 16.4. The summed E-state index contributed by atoms with van der Waals surface area (Å²) in [5.41, 5.74) is 0. The molecule has 0 heterocycles. The summed E-state index contributed by atoms with van der Waals surface area (Å²) in [4.78, 5) is 23.1. The number of carboxylic acids is 1. The van der Waals surface area contributed by atoms with Crippen molar-refractivity contribution in [2.75, 3.05) is 20.1 Å². The molecular formula is C11H22N2O4. The minimum Gasteiger partial charge on any atom is -0.481 e. The Balaban J connectivity index is 3.47. The Kier molecular flexibility index (Phi) is 8.13. The van der Waals surface area contributed by atoms with Crippen LogP contribution in [0.25, 0.3) is 0 Å². The van der Waals surface area contributed by atoms with Gasteiger partial charge in [-0.15, -0.1) is 0 Å². The van der Waals surface area contributed by atoms with Gasteiger partial charge in [-0.1, -0.05) is 6.42 Å². The number of aliphatic hydroxyl groups is 1. The second kappa shape index (κ2) is 8.81. The van der Waals surface area contributed by atoms with Crippen LogP contribution < -0.4 is 5.32 Å². The quantitative estimate of drug-likeness (QED) is 0.549. The number of carbonyl (C=O) groups excluding carboxylic acids is 1. The molecule has 0 fully saturated rings. The number of hydrogen-bond donors (Lipinski definition) is 3. The van der Waals surface area contributed by atoms with E-state index in [1.807, 2.05) is 0 Å². The summed E-state index contributed by atoms with van der Waals surface area (Å²) >= 11 is 0. The molecule has 0 bridgehead atoms. The first-order valence-corrected chi connectivity index (χ1v) is 5.82. The molecule has 0 saturated heterocycles. The predicted octanol–water partition coefficient (Wildman–Crippen LogP) is 0.654. The van der Waals surface area contributed by atoms with Gasteiger partial charge in [0.25, 0.3) is 0 Å². The van der Waals surface area contributed by atoms with Gasteiger partial charge in [-0.3, -0.25) is 4.79 Å². The zero-order chi connectivity index (χ0) is 13.3. The molecule has 0 aliphatic heterocycles. The Morgan fingerprint density at radius 3 is 2.47 bits per heavy atom. The molecule has 100 valence electrons. The van der Waals surface area contributed by atoms with Crippen LogP contribution in [0.15, 0.2) is 0 Å². The maximum absolute atomic E-state index is 11.4. The highest BCUT2D eigenvalue weighted by Crippen LogP contribution is 1.98. The van der Waals surface area contributed by atoms with Gasteiger partial charge in [0.2, 0.25) is 0 Å². The lowest BCUT2D eigenvalue weighted by molar-refractivity contribution is -0.137. The number of urea groups is 1. The van der Waals surface area contributed by atoms with Crippen molar-refractivity contribution < 1.29 is 19.8 Å². The lowest BCUT2D eigenvalue weighted by Crippen LogP contribution is -2.40. The van der Waals surface area contributed by atoms with Crippen molar-refractivity contribution in [3.63, 3.8) is 0 Å². The maximum atomic E-state index is 11.4. The fourth-order valence-electron chi connectivity index (χ4n) is 1.39. The molecule has 2 amide bonds. The van der Waals surface area contributed by atoms with E-state index < -0.39 is 12.1 Å². The van der Waals surface area contributed by atoms with Gasteiger partial charge in [0.1, 0.15) is 0 Å². The van der Waals surface area contributed by atoms with Gasteiger partial charge in [-0.2, -0.15) is 0 Å². The molecule has 0 spiro atoms. The van der Waals surface area contributed by atoms with E-state index in [9.17, 15) is 9.59 Å². The van der Waals surface area contributed by atoms with Crippen molar-refractivity contribution in [1.29, 1.82) is 0 Å². The van der Waals surface area contributed by atoms with Gasteiger partial charge in [-0.05, 0) is 19.8 Å². The van der Waals surface area contributed by atoms with Crippen LogP contribution in [0.5, 0.6) is 0 Å².